The number of benzene rings is 1. The highest BCUT2D eigenvalue weighted by atomic mass is 16.5. The number of nitrogens with one attached hydrogen (secondary N) is 1. The van der Waals surface area contributed by atoms with Crippen LogP contribution in [0.1, 0.15) is 54.4 Å². The van der Waals surface area contributed by atoms with Gasteiger partial charge in [-0.1, -0.05) is 13.0 Å². The molecule has 2 fully saturated rings. The van der Waals surface area contributed by atoms with Gasteiger partial charge in [-0.3, -0.25) is 9.59 Å². The Labute approximate surface area is 166 Å². The predicted octanol–water partition coefficient (Wildman–Crippen LogP) is 2.69. The van der Waals surface area contributed by atoms with Crippen LogP contribution in [-0.4, -0.2) is 53.9 Å². The van der Waals surface area contributed by atoms with Crippen LogP contribution in [0.3, 0.4) is 0 Å². The number of piperidine rings is 1. The smallest absolute Gasteiger partial charge is 0.255 e. The Balaban J connectivity index is 1.49. The minimum absolute atomic E-state index is 0.0713. The molecule has 0 spiro atoms. The molecule has 1 aliphatic carbocycles. The molecule has 1 saturated carbocycles. The summed E-state index contributed by atoms with van der Waals surface area (Å²) in [5.74, 6) is 0.608. The number of rotatable bonds is 4. The molecule has 1 unspecified atom stereocenters. The van der Waals surface area contributed by atoms with Gasteiger partial charge in [-0.15, -0.1) is 0 Å². The van der Waals surface area contributed by atoms with Gasteiger partial charge in [-0.2, -0.15) is 0 Å². The maximum Gasteiger partial charge on any atom is 0.255 e. The van der Waals surface area contributed by atoms with E-state index in [0.29, 0.717) is 31.0 Å². The molecule has 1 saturated heterocycles. The number of amides is 2. The normalized spacial score (nSPS) is 27.8. The lowest BCUT2D eigenvalue weighted by atomic mass is 9.91. The van der Waals surface area contributed by atoms with Gasteiger partial charge in [0.1, 0.15) is 17.9 Å². The number of likely N-dealkylation sites (N-methyl/N-ethyl adjacent to an activating group) is 1. The van der Waals surface area contributed by atoms with E-state index in [9.17, 15) is 9.59 Å². The Hall–Kier alpha value is -2.34. The molecular formula is C22H29N3O3. The minimum atomic E-state index is -0.425. The van der Waals surface area contributed by atoms with E-state index in [-0.39, 0.29) is 17.9 Å². The molecule has 2 aliphatic heterocycles. The van der Waals surface area contributed by atoms with Gasteiger partial charge in [0.2, 0.25) is 5.91 Å². The molecular weight excluding hydrogens is 354 g/mol. The standard InChI is InChI=1S/C22H29N3O3/c1-14-8-11-19(21(26)23-14)25-13-15-12-16(9-10-17(15)22(25)27)28-20-7-5-4-6-18(20)24(2)3/h9-10,12,18-20H,1,4-8,11,13H2,2-3H3,(H,23,26)/t18-,19?,20+/m1/s1. The summed E-state index contributed by atoms with van der Waals surface area (Å²) in [5.41, 5.74) is 2.35. The Bertz CT molecular complexity index is 804. The number of fused-ring (bicyclic) bond motifs is 1. The molecule has 3 atom stereocenters. The number of hydrogen-bond acceptors (Lipinski definition) is 4. The summed E-state index contributed by atoms with van der Waals surface area (Å²) in [6.45, 7) is 4.27. The molecule has 1 aromatic carbocycles. The van der Waals surface area contributed by atoms with Crippen LogP contribution in [0.15, 0.2) is 30.5 Å². The topological polar surface area (TPSA) is 61.9 Å². The third kappa shape index (κ3) is 3.53. The van der Waals surface area contributed by atoms with E-state index in [0.717, 1.165) is 29.9 Å². The highest BCUT2D eigenvalue weighted by Gasteiger charge is 2.38. The summed E-state index contributed by atoms with van der Waals surface area (Å²) in [5, 5.41) is 2.78. The Morgan fingerprint density at radius 3 is 2.71 bits per heavy atom. The first-order chi connectivity index (χ1) is 13.4. The second kappa shape index (κ2) is 7.59. The molecule has 6 heteroatoms. The van der Waals surface area contributed by atoms with E-state index in [1.165, 1.54) is 12.8 Å². The average molecular weight is 383 g/mol. The summed E-state index contributed by atoms with van der Waals surface area (Å²) >= 11 is 0. The molecule has 2 amide bonds. The van der Waals surface area contributed by atoms with E-state index >= 15 is 0 Å². The maximum absolute atomic E-state index is 12.8. The van der Waals surface area contributed by atoms with Crippen LogP contribution in [0, 0.1) is 0 Å². The number of carbonyl (C=O) groups is 2. The molecule has 0 aromatic heterocycles. The van der Waals surface area contributed by atoms with Crippen LogP contribution in [0.5, 0.6) is 5.75 Å². The lowest BCUT2D eigenvalue weighted by molar-refractivity contribution is -0.126. The van der Waals surface area contributed by atoms with Gasteiger partial charge < -0.3 is 19.9 Å². The van der Waals surface area contributed by atoms with E-state index < -0.39 is 6.04 Å². The highest BCUT2D eigenvalue weighted by Crippen LogP contribution is 2.32. The number of ether oxygens (including phenoxy) is 1. The number of carbonyl (C=O) groups excluding carboxylic acids is 2. The molecule has 3 aliphatic rings. The highest BCUT2D eigenvalue weighted by molar-refractivity contribution is 6.01. The van der Waals surface area contributed by atoms with Gasteiger partial charge in [0, 0.05) is 23.8 Å². The Morgan fingerprint density at radius 2 is 1.96 bits per heavy atom. The van der Waals surface area contributed by atoms with Crippen LogP contribution in [0.25, 0.3) is 0 Å². The van der Waals surface area contributed by atoms with Crippen LogP contribution in [-0.2, 0) is 11.3 Å². The van der Waals surface area contributed by atoms with Crippen LogP contribution in [0.2, 0.25) is 0 Å². The Kier molecular flexibility index (Phi) is 5.15. The lowest BCUT2D eigenvalue weighted by Crippen LogP contribution is -2.49. The fourth-order valence-corrected chi connectivity index (χ4v) is 4.68. The maximum atomic E-state index is 12.8. The van der Waals surface area contributed by atoms with E-state index in [4.69, 9.17) is 4.74 Å². The van der Waals surface area contributed by atoms with E-state index in [1.54, 1.807) is 4.90 Å². The zero-order valence-corrected chi connectivity index (χ0v) is 16.7. The third-order valence-electron chi connectivity index (χ3n) is 6.23. The van der Waals surface area contributed by atoms with Gasteiger partial charge in [0.25, 0.3) is 5.91 Å². The van der Waals surface area contributed by atoms with Crippen molar-refractivity contribution in [2.24, 2.45) is 0 Å². The zero-order chi connectivity index (χ0) is 19.8. The second-order valence-corrected chi connectivity index (χ2v) is 8.37. The number of hydrogen-bond donors (Lipinski definition) is 1. The molecule has 0 radical (unpaired) electrons. The average Bonchev–Trinajstić information content (AvgIpc) is 2.98. The summed E-state index contributed by atoms with van der Waals surface area (Å²) in [6, 6.07) is 5.71. The van der Waals surface area contributed by atoms with Crippen molar-refractivity contribution in [1.29, 1.82) is 0 Å². The second-order valence-electron chi connectivity index (χ2n) is 8.37. The quantitative estimate of drug-likeness (QED) is 0.868. The lowest BCUT2D eigenvalue weighted by Gasteiger charge is -2.36. The molecule has 6 nitrogen and oxygen atoms in total. The molecule has 28 heavy (non-hydrogen) atoms. The van der Waals surface area contributed by atoms with Gasteiger partial charge in [-0.05, 0) is 70.0 Å². The first-order valence-corrected chi connectivity index (χ1v) is 10.2. The number of nitrogens with zero attached hydrogens (tertiary/aromatic N) is 2. The van der Waals surface area contributed by atoms with E-state index in [2.05, 4.69) is 30.9 Å². The van der Waals surface area contributed by atoms with Crippen molar-refractivity contribution >= 4 is 11.8 Å². The Morgan fingerprint density at radius 1 is 1.18 bits per heavy atom. The van der Waals surface area contributed by atoms with Gasteiger partial charge >= 0.3 is 0 Å². The monoisotopic (exact) mass is 383 g/mol. The first-order valence-electron chi connectivity index (χ1n) is 10.2. The van der Waals surface area contributed by atoms with Crippen molar-refractivity contribution in [3.05, 3.63) is 41.6 Å². The van der Waals surface area contributed by atoms with Gasteiger partial charge in [0.15, 0.2) is 0 Å². The summed E-state index contributed by atoms with van der Waals surface area (Å²) in [6.07, 6.45) is 6.14. The summed E-state index contributed by atoms with van der Waals surface area (Å²) in [7, 11) is 4.21. The van der Waals surface area contributed by atoms with Crippen LogP contribution in [0.4, 0.5) is 0 Å². The van der Waals surface area contributed by atoms with Crippen molar-refractivity contribution in [3.8, 4) is 5.75 Å². The van der Waals surface area contributed by atoms with Crippen molar-refractivity contribution in [2.45, 2.75) is 63.3 Å². The fourth-order valence-electron chi connectivity index (χ4n) is 4.68. The molecule has 4 rings (SSSR count). The fraction of sp³-hybridized carbons (Fsp3) is 0.545. The largest absolute Gasteiger partial charge is 0.489 e. The van der Waals surface area contributed by atoms with Crippen molar-refractivity contribution < 1.29 is 14.3 Å². The number of allylic oxidation sites excluding steroid dienone is 1. The summed E-state index contributed by atoms with van der Waals surface area (Å²) < 4.78 is 6.34. The van der Waals surface area contributed by atoms with Gasteiger partial charge in [-0.25, -0.2) is 0 Å². The van der Waals surface area contributed by atoms with Crippen molar-refractivity contribution in [1.82, 2.24) is 15.1 Å². The van der Waals surface area contributed by atoms with Crippen LogP contribution >= 0.6 is 0 Å². The SMILES string of the molecule is C=C1CCC(N2Cc3cc(O[C@H]4CCCC[C@H]4N(C)C)ccc3C2=O)C(=O)N1. The molecule has 2 heterocycles. The van der Waals surface area contributed by atoms with E-state index in [1.807, 2.05) is 18.2 Å². The third-order valence-corrected chi connectivity index (χ3v) is 6.23. The molecule has 150 valence electrons. The first kappa shape index (κ1) is 19.0. The van der Waals surface area contributed by atoms with Crippen LogP contribution < -0.4 is 10.1 Å². The van der Waals surface area contributed by atoms with Crippen molar-refractivity contribution in [2.75, 3.05) is 14.1 Å². The minimum Gasteiger partial charge on any atom is -0.489 e. The summed E-state index contributed by atoms with van der Waals surface area (Å²) in [4.78, 5) is 29.1. The molecule has 1 N–H and O–H groups in total. The predicted molar refractivity (Wildman–Crippen MR) is 107 cm³/mol. The molecule has 1 aromatic rings. The zero-order valence-electron chi connectivity index (χ0n) is 16.7. The molecule has 0 bridgehead atoms. The van der Waals surface area contributed by atoms with Crippen molar-refractivity contribution in [3.63, 3.8) is 0 Å². The van der Waals surface area contributed by atoms with Gasteiger partial charge in [0.05, 0.1) is 0 Å².